The number of anilines is 1. The Morgan fingerprint density at radius 1 is 1.20 bits per heavy atom. The van der Waals surface area contributed by atoms with Crippen LogP contribution in [0.15, 0.2) is 36.4 Å². The van der Waals surface area contributed by atoms with Gasteiger partial charge in [0, 0.05) is 10.6 Å². The van der Waals surface area contributed by atoms with E-state index in [1.807, 2.05) is 6.92 Å². The van der Waals surface area contributed by atoms with E-state index in [0.29, 0.717) is 13.1 Å². The number of amides is 1. The van der Waals surface area contributed by atoms with Gasteiger partial charge in [-0.25, -0.2) is 8.78 Å². The van der Waals surface area contributed by atoms with Crippen molar-refractivity contribution in [1.29, 1.82) is 0 Å². The summed E-state index contributed by atoms with van der Waals surface area (Å²) in [6, 6.07) is 8.77. The van der Waals surface area contributed by atoms with Crippen molar-refractivity contribution in [3.05, 3.63) is 58.6 Å². The molecule has 0 spiro atoms. The Bertz CT molecular complexity index is 756. The highest BCUT2D eigenvalue weighted by molar-refractivity contribution is 6.30. The van der Waals surface area contributed by atoms with Crippen LogP contribution in [0.4, 0.5) is 14.5 Å². The summed E-state index contributed by atoms with van der Waals surface area (Å²) >= 11 is 5.69. The number of hydrogen-bond acceptors (Lipinski definition) is 2. The quantitative estimate of drug-likeness (QED) is 0.788. The second kappa shape index (κ2) is 8.78. The molecule has 2 rings (SSSR count). The van der Waals surface area contributed by atoms with Crippen LogP contribution in [0.2, 0.25) is 5.02 Å². The molecule has 0 aliphatic heterocycles. The second-order valence-corrected chi connectivity index (χ2v) is 6.03. The first-order valence-corrected chi connectivity index (χ1v) is 8.21. The Labute approximate surface area is 150 Å². The van der Waals surface area contributed by atoms with Crippen LogP contribution in [0.5, 0.6) is 5.75 Å². The van der Waals surface area contributed by atoms with Crippen molar-refractivity contribution < 1.29 is 23.2 Å². The zero-order chi connectivity index (χ0) is 18.4. The Morgan fingerprint density at radius 3 is 2.56 bits per heavy atom. The van der Waals surface area contributed by atoms with Gasteiger partial charge in [0.25, 0.3) is 5.91 Å². The number of likely N-dealkylation sites (N-methyl/N-ethyl adjacent to an activating group) is 1. The third-order valence-electron chi connectivity index (χ3n) is 3.79. The Kier molecular flexibility index (Phi) is 6.73. The molecule has 4 nitrogen and oxygen atoms in total. The van der Waals surface area contributed by atoms with Gasteiger partial charge in [-0.3, -0.25) is 4.79 Å². The molecule has 0 radical (unpaired) electrons. The van der Waals surface area contributed by atoms with E-state index in [0.717, 1.165) is 16.5 Å². The molecule has 1 amide bonds. The van der Waals surface area contributed by atoms with Gasteiger partial charge in [0.05, 0.1) is 19.3 Å². The lowest BCUT2D eigenvalue weighted by Gasteiger charge is -2.18. The van der Waals surface area contributed by atoms with E-state index in [9.17, 15) is 13.6 Å². The third kappa shape index (κ3) is 5.41. The van der Waals surface area contributed by atoms with Crippen molar-refractivity contribution in [3.63, 3.8) is 0 Å². The number of quaternary nitrogens is 1. The van der Waals surface area contributed by atoms with E-state index >= 15 is 0 Å². The molecule has 0 heterocycles. The largest absolute Gasteiger partial charge is 0.494 e. The SMILES string of the molecule is CC[NH+](CC(=O)Nc1ccc(Cl)cc1F)Cc1ccc(OC)c(F)c1. The van der Waals surface area contributed by atoms with Crippen molar-refractivity contribution in [2.45, 2.75) is 13.5 Å². The molecular weight excluding hydrogens is 350 g/mol. The molecule has 0 aromatic heterocycles. The molecule has 0 saturated heterocycles. The monoisotopic (exact) mass is 369 g/mol. The average molecular weight is 370 g/mol. The van der Waals surface area contributed by atoms with E-state index < -0.39 is 11.6 Å². The van der Waals surface area contributed by atoms with E-state index in [1.54, 1.807) is 12.1 Å². The summed E-state index contributed by atoms with van der Waals surface area (Å²) in [5.74, 6) is -1.18. The van der Waals surface area contributed by atoms with Crippen molar-refractivity contribution >= 4 is 23.2 Å². The summed E-state index contributed by atoms with van der Waals surface area (Å²) in [6.07, 6.45) is 0. The van der Waals surface area contributed by atoms with Gasteiger partial charge < -0.3 is 15.0 Å². The summed E-state index contributed by atoms with van der Waals surface area (Å²) in [6.45, 7) is 3.18. The number of benzene rings is 2. The molecule has 7 heteroatoms. The minimum absolute atomic E-state index is 0.0837. The molecular formula is C18H20ClF2N2O2+. The summed E-state index contributed by atoms with van der Waals surface area (Å²) in [5.41, 5.74) is 0.834. The predicted molar refractivity (Wildman–Crippen MR) is 93.1 cm³/mol. The van der Waals surface area contributed by atoms with Crippen LogP contribution in [-0.4, -0.2) is 26.1 Å². The molecule has 0 fully saturated rings. The topological polar surface area (TPSA) is 42.8 Å². The molecule has 2 aromatic carbocycles. The maximum absolute atomic E-state index is 13.8. The summed E-state index contributed by atoms with van der Waals surface area (Å²) in [4.78, 5) is 13.1. The summed E-state index contributed by atoms with van der Waals surface area (Å²) in [7, 11) is 1.40. The van der Waals surface area contributed by atoms with E-state index in [1.165, 1.54) is 25.3 Å². The first-order chi connectivity index (χ1) is 11.9. The normalized spacial score (nSPS) is 11.9. The van der Waals surface area contributed by atoms with Crippen LogP contribution in [-0.2, 0) is 11.3 Å². The van der Waals surface area contributed by atoms with Gasteiger partial charge >= 0.3 is 0 Å². The Balaban J connectivity index is 1.98. The fourth-order valence-corrected chi connectivity index (χ4v) is 2.59. The number of nitrogens with one attached hydrogen (secondary N) is 2. The lowest BCUT2D eigenvalue weighted by Crippen LogP contribution is -3.11. The summed E-state index contributed by atoms with van der Waals surface area (Å²) in [5, 5.41) is 2.79. The first-order valence-electron chi connectivity index (χ1n) is 7.83. The molecule has 1 atom stereocenters. The first kappa shape index (κ1) is 19.1. The lowest BCUT2D eigenvalue weighted by molar-refractivity contribution is -0.903. The van der Waals surface area contributed by atoms with Crippen LogP contribution in [0.1, 0.15) is 12.5 Å². The number of hydrogen-bond donors (Lipinski definition) is 2. The predicted octanol–water partition coefficient (Wildman–Crippen LogP) is 2.67. The van der Waals surface area contributed by atoms with Gasteiger partial charge in [-0.05, 0) is 43.3 Å². The number of halogens is 3. The molecule has 1 unspecified atom stereocenters. The molecule has 2 N–H and O–H groups in total. The third-order valence-corrected chi connectivity index (χ3v) is 4.02. The van der Waals surface area contributed by atoms with Gasteiger partial charge in [-0.1, -0.05) is 11.6 Å². The maximum atomic E-state index is 13.8. The molecule has 0 aliphatic rings. The second-order valence-electron chi connectivity index (χ2n) is 5.60. The van der Waals surface area contributed by atoms with Crippen molar-refractivity contribution in [1.82, 2.24) is 0 Å². The highest BCUT2D eigenvalue weighted by Crippen LogP contribution is 2.19. The fraction of sp³-hybridized carbons (Fsp3) is 0.278. The number of carbonyl (C=O) groups excluding carboxylic acids is 1. The van der Waals surface area contributed by atoms with Crippen molar-refractivity contribution in [2.24, 2.45) is 0 Å². The number of methoxy groups -OCH3 is 1. The maximum Gasteiger partial charge on any atom is 0.279 e. The number of ether oxygens (including phenoxy) is 1. The van der Waals surface area contributed by atoms with Crippen molar-refractivity contribution in [2.75, 3.05) is 25.5 Å². The highest BCUT2D eigenvalue weighted by atomic mass is 35.5. The van der Waals surface area contributed by atoms with Crippen LogP contribution in [0, 0.1) is 11.6 Å². The van der Waals surface area contributed by atoms with E-state index in [4.69, 9.17) is 16.3 Å². The van der Waals surface area contributed by atoms with Gasteiger partial charge in [-0.15, -0.1) is 0 Å². The lowest BCUT2D eigenvalue weighted by atomic mass is 10.2. The minimum Gasteiger partial charge on any atom is -0.494 e. The van der Waals surface area contributed by atoms with E-state index in [2.05, 4.69) is 5.32 Å². The van der Waals surface area contributed by atoms with Gasteiger partial charge in [-0.2, -0.15) is 0 Å². The molecule has 2 aromatic rings. The van der Waals surface area contributed by atoms with Gasteiger partial charge in [0.15, 0.2) is 18.1 Å². The molecule has 0 saturated carbocycles. The smallest absolute Gasteiger partial charge is 0.279 e. The van der Waals surface area contributed by atoms with Gasteiger partial charge in [0.1, 0.15) is 12.4 Å². The molecule has 25 heavy (non-hydrogen) atoms. The standard InChI is InChI=1S/C18H19ClF2N2O2/c1-3-23(10-12-4-7-17(25-2)15(21)8-12)11-18(24)22-16-6-5-13(19)9-14(16)20/h4-9H,3,10-11H2,1-2H3,(H,22,24)/p+1. The molecule has 0 aliphatic carbocycles. The molecule has 0 bridgehead atoms. The minimum atomic E-state index is -0.587. The van der Waals surface area contributed by atoms with Crippen molar-refractivity contribution in [3.8, 4) is 5.75 Å². The number of carbonyl (C=O) groups is 1. The molecule has 134 valence electrons. The number of rotatable bonds is 7. The average Bonchev–Trinajstić information content (AvgIpc) is 2.57. The zero-order valence-electron chi connectivity index (χ0n) is 14.0. The zero-order valence-corrected chi connectivity index (χ0v) is 14.8. The van der Waals surface area contributed by atoms with Crippen LogP contribution >= 0.6 is 11.6 Å². The van der Waals surface area contributed by atoms with Crippen LogP contribution in [0.25, 0.3) is 0 Å². The Hall–Kier alpha value is -2.18. The fourth-order valence-electron chi connectivity index (χ4n) is 2.43. The van der Waals surface area contributed by atoms with E-state index in [-0.39, 0.29) is 28.9 Å². The summed E-state index contributed by atoms with van der Waals surface area (Å²) < 4.78 is 32.4. The van der Waals surface area contributed by atoms with Gasteiger partial charge in [0.2, 0.25) is 0 Å². The Morgan fingerprint density at radius 2 is 1.96 bits per heavy atom. The van der Waals surface area contributed by atoms with Crippen LogP contribution in [0.3, 0.4) is 0 Å². The highest BCUT2D eigenvalue weighted by Gasteiger charge is 2.16. The van der Waals surface area contributed by atoms with Crippen LogP contribution < -0.4 is 15.0 Å².